The summed E-state index contributed by atoms with van der Waals surface area (Å²) in [5, 5.41) is 3.91. The maximum Gasteiger partial charge on any atom is 0.418 e. The van der Waals surface area contributed by atoms with Crippen LogP contribution in [-0.4, -0.2) is 58.2 Å². The molecule has 1 N–H and O–H groups in total. The molecule has 0 amide bonds. The van der Waals surface area contributed by atoms with Crippen LogP contribution in [0.4, 0.5) is 22.0 Å². The van der Waals surface area contributed by atoms with E-state index < -0.39 is 36.1 Å². The summed E-state index contributed by atoms with van der Waals surface area (Å²) in [4.78, 5) is 16.2. The highest BCUT2D eigenvalue weighted by Gasteiger charge is 2.39. The van der Waals surface area contributed by atoms with Crippen LogP contribution in [0, 0.1) is 0 Å². The Morgan fingerprint density at radius 1 is 1.33 bits per heavy atom. The SMILES string of the molecule is C/C=C\CC(N(C)/C=N\NC)n1cc2c(C(F)(F)F)cc(CN3CCC(F)(F)C3)cn2c1=O. The summed E-state index contributed by atoms with van der Waals surface area (Å²) >= 11 is 0. The van der Waals surface area contributed by atoms with E-state index in [2.05, 4.69) is 10.5 Å². The minimum atomic E-state index is -4.73. The summed E-state index contributed by atoms with van der Waals surface area (Å²) in [6.45, 7) is 1.24. The Morgan fingerprint density at radius 3 is 2.64 bits per heavy atom. The number of hydrogen-bond acceptors (Lipinski definition) is 4. The van der Waals surface area contributed by atoms with Crippen LogP contribution in [0.5, 0.6) is 0 Å². The number of rotatable bonds is 8. The van der Waals surface area contributed by atoms with Crippen molar-refractivity contribution < 1.29 is 22.0 Å². The first-order valence-electron chi connectivity index (χ1n) is 10.4. The van der Waals surface area contributed by atoms with Crippen molar-refractivity contribution in [2.45, 2.75) is 44.6 Å². The van der Waals surface area contributed by atoms with Gasteiger partial charge in [0.2, 0.25) is 0 Å². The molecule has 0 saturated carbocycles. The van der Waals surface area contributed by atoms with Crippen molar-refractivity contribution in [1.29, 1.82) is 0 Å². The first-order valence-corrected chi connectivity index (χ1v) is 10.4. The van der Waals surface area contributed by atoms with E-state index in [0.717, 1.165) is 10.5 Å². The normalized spacial score (nSPS) is 18.1. The molecule has 3 rings (SSSR count). The molecule has 0 aliphatic carbocycles. The summed E-state index contributed by atoms with van der Waals surface area (Å²) in [6.07, 6.45) is 2.13. The first-order chi connectivity index (χ1) is 15.5. The minimum Gasteiger partial charge on any atom is -0.343 e. The second kappa shape index (κ2) is 9.54. The lowest BCUT2D eigenvalue weighted by Gasteiger charge is -2.25. The number of hydrazone groups is 1. The zero-order valence-corrected chi connectivity index (χ0v) is 18.6. The number of nitrogens with zero attached hydrogens (tertiary/aromatic N) is 5. The minimum absolute atomic E-state index is 0.0727. The van der Waals surface area contributed by atoms with Crippen molar-refractivity contribution in [3.63, 3.8) is 0 Å². The number of halogens is 5. The van der Waals surface area contributed by atoms with E-state index in [4.69, 9.17) is 0 Å². The molecule has 1 atom stereocenters. The number of allylic oxidation sites excluding steroid dienone is 1. The largest absolute Gasteiger partial charge is 0.418 e. The van der Waals surface area contributed by atoms with Gasteiger partial charge in [-0.25, -0.2) is 13.6 Å². The lowest BCUT2D eigenvalue weighted by atomic mass is 10.1. The van der Waals surface area contributed by atoms with Gasteiger partial charge in [-0.1, -0.05) is 12.2 Å². The van der Waals surface area contributed by atoms with Crippen LogP contribution in [0.2, 0.25) is 0 Å². The smallest absolute Gasteiger partial charge is 0.343 e. The zero-order chi connectivity index (χ0) is 24.4. The summed E-state index contributed by atoms with van der Waals surface area (Å²) in [5.41, 5.74) is 0.780. The van der Waals surface area contributed by atoms with E-state index in [1.54, 1.807) is 38.1 Å². The molecule has 12 heteroatoms. The number of imidazole rings is 1. The van der Waals surface area contributed by atoms with E-state index in [9.17, 15) is 26.7 Å². The van der Waals surface area contributed by atoms with Crippen LogP contribution in [0.3, 0.4) is 0 Å². The molecule has 1 aliphatic rings. The number of pyridine rings is 1. The third-order valence-corrected chi connectivity index (χ3v) is 5.55. The molecular formula is C21H27F5N6O. The van der Waals surface area contributed by atoms with Crippen molar-refractivity contribution in [2.24, 2.45) is 5.10 Å². The molecule has 1 fully saturated rings. The van der Waals surface area contributed by atoms with E-state index >= 15 is 0 Å². The third kappa shape index (κ3) is 5.55. The lowest BCUT2D eigenvalue weighted by Crippen LogP contribution is -2.34. The molecular weight excluding hydrogens is 447 g/mol. The molecule has 7 nitrogen and oxygen atoms in total. The molecule has 3 heterocycles. The van der Waals surface area contributed by atoms with Gasteiger partial charge in [0.15, 0.2) is 0 Å². The van der Waals surface area contributed by atoms with Gasteiger partial charge in [0, 0.05) is 52.4 Å². The summed E-state index contributed by atoms with van der Waals surface area (Å²) < 4.78 is 70.9. The van der Waals surface area contributed by atoms with E-state index in [-0.39, 0.29) is 30.6 Å². The maximum absolute atomic E-state index is 13.9. The predicted molar refractivity (Wildman–Crippen MR) is 115 cm³/mol. The highest BCUT2D eigenvalue weighted by molar-refractivity contribution is 5.57. The van der Waals surface area contributed by atoms with Gasteiger partial charge < -0.3 is 10.3 Å². The standard InChI is InChI=1S/C21H27F5N6O/c1-4-5-6-18(29(3)14-28-27-2)32-12-17-16(21(24,25)26)9-15(11-31(17)19(32)33)10-30-8-7-20(22,23)13-30/h4-5,9,11-12,14,18,27H,6-8,10,13H2,1-3H3/b5-4-,28-14-. The monoisotopic (exact) mass is 474 g/mol. The van der Waals surface area contributed by atoms with Crippen molar-refractivity contribution >= 4 is 11.9 Å². The van der Waals surface area contributed by atoms with E-state index in [1.807, 2.05) is 0 Å². The maximum atomic E-state index is 13.9. The van der Waals surface area contributed by atoms with Gasteiger partial charge in [-0.05, 0) is 18.6 Å². The third-order valence-electron chi connectivity index (χ3n) is 5.55. The number of hydrogen-bond donors (Lipinski definition) is 1. The quantitative estimate of drug-likeness (QED) is 0.209. The average molecular weight is 474 g/mol. The molecule has 1 unspecified atom stereocenters. The van der Waals surface area contributed by atoms with Gasteiger partial charge in [0.05, 0.1) is 17.6 Å². The molecule has 0 radical (unpaired) electrons. The van der Waals surface area contributed by atoms with E-state index in [1.165, 1.54) is 28.2 Å². The molecule has 1 saturated heterocycles. The zero-order valence-electron chi connectivity index (χ0n) is 18.6. The van der Waals surface area contributed by atoms with Gasteiger partial charge in [-0.3, -0.25) is 13.9 Å². The van der Waals surface area contributed by atoms with Crippen molar-refractivity contribution in [3.8, 4) is 0 Å². The van der Waals surface area contributed by atoms with E-state index in [0.29, 0.717) is 6.42 Å². The van der Waals surface area contributed by atoms with Crippen LogP contribution >= 0.6 is 0 Å². The van der Waals surface area contributed by atoms with Gasteiger partial charge in [-0.2, -0.15) is 18.3 Å². The predicted octanol–water partition coefficient (Wildman–Crippen LogP) is 3.52. The van der Waals surface area contributed by atoms with Gasteiger partial charge in [0.25, 0.3) is 5.92 Å². The van der Waals surface area contributed by atoms with Crippen LogP contribution in [0.25, 0.3) is 5.52 Å². The fraction of sp³-hybridized carbons (Fsp3) is 0.524. The molecule has 0 aromatic carbocycles. The molecule has 1 aliphatic heterocycles. The highest BCUT2D eigenvalue weighted by Crippen LogP contribution is 2.34. The summed E-state index contributed by atoms with van der Waals surface area (Å²) in [5.74, 6) is -2.86. The summed E-state index contributed by atoms with van der Waals surface area (Å²) in [6, 6.07) is 0.933. The second-order valence-corrected chi connectivity index (χ2v) is 8.07. The Labute approximate surface area is 187 Å². The molecule has 2 aromatic rings. The number of aromatic nitrogens is 2. The van der Waals surface area contributed by atoms with Gasteiger partial charge in [-0.15, -0.1) is 0 Å². The average Bonchev–Trinajstić information content (AvgIpc) is 3.24. The molecule has 2 aromatic heterocycles. The Bertz CT molecular complexity index is 1090. The number of nitrogens with one attached hydrogen (secondary N) is 1. The van der Waals surface area contributed by atoms with Gasteiger partial charge in [0.1, 0.15) is 12.5 Å². The first kappa shape index (κ1) is 24.7. The Kier molecular flexibility index (Phi) is 7.15. The van der Waals surface area contributed by atoms with Crippen LogP contribution in [0.15, 0.2) is 40.5 Å². The molecule has 0 bridgehead atoms. The molecule has 182 valence electrons. The fourth-order valence-electron chi connectivity index (χ4n) is 3.95. The number of fused-ring (bicyclic) bond motifs is 1. The topological polar surface area (TPSA) is 57.3 Å². The van der Waals surface area contributed by atoms with Crippen LogP contribution in [0.1, 0.15) is 37.1 Å². The molecule has 0 spiro atoms. The second-order valence-electron chi connectivity index (χ2n) is 8.07. The van der Waals surface area contributed by atoms with Crippen LogP contribution < -0.4 is 11.1 Å². The Balaban J connectivity index is 2.10. The lowest BCUT2D eigenvalue weighted by molar-refractivity contribution is -0.136. The number of alkyl halides is 5. The Morgan fingerprint density at radius 2 is 2.06 bits per heavy atom. The van der Waals surface area contributed by atoms with Crippen molar-refractivity contribution in [3.05, 3.63) is 52.2 Å². The van der Waals surface area contributed by atoms with Gasteiger partial charge >= 0.3 is 11.9 Å². The van der Waals surface area contributed by atoms with Crippen molar-refractivity contribution in [2.75, 3.05) is 27.2 Å². The Hall–Kier alpha value is -2.89. The summed E-state index contributed by atoms with van der Waals surface area (Å²) in [7, 11) is 3.25. The fourth-order valence-corrected chi connectivity index (χ4v) is 3.95. The van der Waals surface area contributed by atoms with Crippen LogP contribution in [-0.2, 0) is 12.7 Å². The number of likely N-dealkylation sites (tertiary alicyclic amines) is 1. The molecule has 33 heavy (non-hydrogen) atoms. The highest BCUT2D eigenvalue weighted by atomic mass is 19.4. The van der Waals surface area contributed by atoms with Crippen molar-refractivity contribution in [1.82, 2.24) is 24.2 Å².